The molecule has 0 aliphatic rings. The monoisotopic (exact) mass is 304 g/mol. The lowest BCUT2D eigenvalue weighted by atomic mass is 9.91. The van der Waals surface area contributed by atoms with E-state index in [2.05, 4.69) is 58.1 Å². The Morgan fingerprint density at radius 1 is 0.895 bits per heavy atom. The molecule has 116 valence electrons. The summed E-state index contributed by atoms with van der Waals surface area (Å²) in [5, 5.41) is 0.131. The van der Waals surface area contributed by atoms with E-state index in [1.165, 1.54) is 0 Å². The predicted octanol–water partition coefficient (Wildman–Crippen LogP) is 0.551. The molecular weight excluding hydrogens is 268 g/mol. The normalized spacial score (nSPS) is 17.2. The van der Waals surface area contributed by atoms with Crippen molar-refractivity contribution < 1.29 is 0 Å². The average Bonchev–Trinajstić information content (AvgIpc) is 2.11. The summed E-state index contributed by atoms with van der Waals surface area (Å²) < 4.78 is 0. The van der Waals surface area contributed by atoms with Crippen LogP contribution in [0.1, 0.15) is 55.4 Å². The predicted molar refractivity (Wildman–Crippen MR) is 92.5 cm³/mol. The molecule has 0 bridgehead atoms. The minimum absolute atomic E-state index is 0.0692. The van der Waals surface area contributed by atoms with Crippen molar-refractivity contribution in [2.75, 3.05) is 0 Å². The lowest BCUT2D eigenvalue weighted by Gasteiger charge is -2.47. The summed E-state index contributed by atoms with van der Waals surface area (Å²) in [5.74, 6) is 0. The maximum Gasteiger partial charge on any atom is 0.125 e. The molecule has 1 atom stereocenters. The first-order valence-corrected chi connectivity index (χ1v) is 10.9. The molecule has 0 amide bonds. The molecule has 1 unspecified atom stereocenters. The summed E-state index contributed by atoms with van der Waals surface area (Å²) in [4.78, 5) is 7.38. The molecule has 0 saturated heterocycles. The Bertz CT molecular complexity index is 290. The fraction of sp³-hybridized carbons (Fsp3) is 1.00. The van der Waals surface area contributed by atoms with Crippen LogP contribution in [0, 0.1) is 0 Å². The molecule has 6 heteroatoms. The number of nitrogens with two attached hydrogens (primary N) is 2. The Morgan fingerprint density at radius 2 is 1.32 bits per heavy atom. The van der Waals surface area contributed by atoms with E-state index in [4.69, 9.17) is 11.5 Å². The molecule has 0 rings (SSSR count). The van der Waals surface area contributed by atoms with Gasteiger partial charge in [0.2, 0.25) is 0 Å². The van der Waals surface area contributed by atoms with Crippen LogP contribution < -0.4 is 21.4 Å². The molecule has 0 aromatic carbocycles. The van der Waals surface area contributed by atoms with Crippen molar-refractivity contribution in [1.82, 2.24) is 9.96 Å². The van der Waals surface area contributed by atoms with Gasteiger partial charge >= 0.3 is 0 Å². The molecule has 4 nitrogen and oxygen atoms in total. The fourth-order valence-electron chi connectivity index (χ4n) is 1.59. The van der Waals surface area contributed by atoms with Gasteiger partial charge in [0.15, 0.2) is 0 Å². The van der Waals surface area contributed by atoms with Gasteiger partial charge in [0.25, 0.3) is 0 Å². The SMILES string of the molecule is C[SiH](NC(C)(C)C(C)(C)[SiH2]NC(C)(C)N)C(C)(C)N. The largest absolute Gasteiger partial charge is 0.333 e. The van der Waals surface area contributed by atoms with Crippen LogP contribution in [0.5, 0.6) is 0 Å². The lowest BCUT2D eigenvalue weighted by Crippen LogP contribution is -2.65. The summed E-state index contributed by atoms with van der Waals surface area (Å²) in [6.45, 7) is 19.8. The van der Waals surface area contributed by atoms with Crippen molar-refractivity contribution in [3.8, 4) is 0 Å². The molecule has 0 aliphatic carbocycles. The van der Waals surface area contributed by atoms with E-state index < -0.39 is 18.6 Å². The zero-order valence-corrected chi connectivity index (χ0v) is 17.0. The van der Waals surface area contributed by atoms with E-state index in [0.717, 1.165) is 0 Å². The van der Waals surface area contributed by atoms with Gasteiger partial charge in [-0.3, -0.25) is 0 Å². The zero-order valence-electron chi connectivity index (χ0n) is 14.4. The van der Waals surface area contributed by atoms with Crippen LogP contribution in [0.25, 0.3) is 0 Å². The molecule has 0 spiro atoms. The first-order valence-electron chi connectivity index (χ1n) is 7.19. The Kier molecular flexibility index (Phi) is 6.04. The van der Waals surface area contributed by atoms with Gasteiger partial charge in [0, 0.05) is 10.7 Å². The number of hydrogen-bond acceptors (Lipinski definition) is 4. The summed E-state index contributed by atoms with van der Waals surface area (Å²) in [7, 11) is -1.70. The second-order valence-corrected chi connectivity index (χ2v) is 14.0. The van der Waals surface area contributed by atoms with Crippen LogP contribution in [-0.2, 0) is 0 Å². The second kappa shape index (κ2) is 5.95. The van der Waals surface area contributed by atoms with Crippen molar-refractivity contribution in [3.63, 3.8) is 0 Å². The molecule has 6 N–H and O–H groups in total. The van der Waals surface area contributed by atoms with E-state index in [1.807, 2.05) is 13.8 Å². The van der Waals surface area contributed by atoms with Crippen LogP contribution in [-0.4, -0.2) is 35.0 Å². The highest BCUT2D eigenvalue weighted by Crippen LogP contribution is 2.36. The minimum atomic E-state index is -1.19. The van der Waals surface area contributed by atoms with E-state index in [9.17, 15) is 0 Å². The van der Waals surface area contributed by atoms with Gasteiger partial charge in [-0.2, -0.15) is 0 Å². The van der Waals surface area contributed by atoms with Crippen LogP contribution in [0.3, 0.4) is 0 Å². The van der Waals surface area contributed by atoms with Gasteiger partial charge in [0.1, 0.15) is 18.6 Å². The van der Waals surface area contributed by atoms with E-state index in [-0.39, 0.29) is 21.4 Å². The third kappa shape index (κ3) is 6.51. The van der Waals surface area contributed by atoms with Gasteiger partial charge in [-0.15, -0.1) is 0 Å². The van der Waals surface area contributed by atoms with Gasteiger partial charge < -0.3 is 21.4 Å². The van der Waals surface area contributed by atoms with Gasteiger partial charge in [0.05, 0.1) is 5.66 Å². The van der Waals surface area contributed by atoms with Crippen molar-refractivity contribution in [2.24, 2.45) is 11.5 Å². The maximum atomic E-state index is 6.25. The highest BCUT2D eigenvalue weighted by atomic mass is 28.3. The minimum Gasteiger partial charge on any atom is -0.333 e. The van der Waals surface area contributed by atoms with Crippen LogP contribution >= 0.6 is 0 Å². The molecule has 0 heterocycles. The third-order valence-electron chi connectivity index (χ3n) is 4.37. The van der Waals surface area contributed by atoms with Crippen molar-refractivity contribution in [1.29, 1.82) is 0 Å². The highest BCUT2D eigenvalue weighted by molar-refractivity contribution is 6.58. The van der Waals surface area contributed by atoms with Crippen LogP contribution in [0.4, 0.5) is 0 Å². The Labute approximate surface area is 124 Å². The van der Waals surface area contributed by atoms with Gasteiger partial charge in [-0.1, -0.05) is 20.4 Å². The van der Waals surface area contributed by atoms with Crippen LogP contribution in [0.2, 0.25) is 11.6 Å². The first kappa shape index (κ1) is 19.3. The van der Waals surface area contributed by atoms with Gasteiger partial charge in [-0.05, 0) is 46.6 Å². The maximum absolute atomic E-state index is 6.25. The summed E-state index contributed by atoms with van der Waals surface area (Å²) in [5.41, 5.74) is 12.1. The summed E-state index contributed by atoms with van der Waals surface area (Å²) in [6.07, 6.45) is 0. The van der Waals surface area contributed by atoms with Crippen LogP contribution in [0.15, 0.2) is 0 Å². The molecule has 0 radical (unpaired) electrons. The lowest BCUT2D eigenvalue weighted by molar-refractivity contribution is 0.338. The number of hydrogen-bond donors (Lipinski definition) is 4. The van der Waals surface area contributed by atoms with E-state index in [0.29, 0.717) is 0 Å². The smallest absolute Gasteiger partial charge is 0.125 e. The average molecular weight is 305 g/mol. The molecule has 0 aromatic rings. The molecular formula is C13H36N4Si2. The van der Waals surface area contributed by atoms with Crippen molar-refractivity contribution in [3.05, 3.63) is 0 Å². The number of nitrogens with one attached hydrogen (secondary N) is 2. The van der Waals surface area contributed by atoms with Gasteiger partial charge in [-0.25, -0.2) is 0 Å². The third-order valence-corrected chi connectivity index (χ3v) is 10.6. The van der Waals surface area contributed by atoms with Crippen molar-refractivity contribution >= 4 is 18.6 Å². The summed E-state index contributed by atoms with van der Waals surface area (Å²) >= 11 is 0. The Balaban J connectivity index is 4.78. The fourth-order valence-corrected chi connectivity index (χ4v) is 5.08. The summed E-state index contributed by atoms with van der Waals surface area (Å²) in [6, 6.07) is 0. The first-order chi connectivity index (χ1) is 8.08. The number of rotatable bonds is 7. The standard InChI is InChI=1S/C13H36N4Si2/c1-10(2,17-19(9)13(7,8)15)11(3,4)18-16-12(5,6)14/h16-17,19H,14-15,18H2,1-9H3. The Morgan fingerprint density at radius 3 is 1.63 bits per heavy atom. The topological polar surface area (TPSA) is 76.1 Å². The molecule has 19 heavy (non-hydrogen) atoms. The molecule has 0 saturated carbocycles. The molecule has 0 fully saturated rings. The molecule has 0 aliphatic heterocycles. The molecule has 0 aromatic heterocycles. The highest BCUT2D eigenvalue weighted by Gasteiger charge is 2.40. The van der Waals surface area contributed by atoms with E-state index in [1.54, 1.807) is 0 Å². The Hall–Kier alpha value is 0.274. The zero-order chi connectivity index (χ0) is 15.7. The quantitative estimate of drug-likeness (QED) is 0.409. The van der Waals surface area contributed by atoms with Crippen molar-refractivity contribution in [2.45, 2.75) is 83.3 Å². The van der Waals surface area contributed by atoms with E-state index >= 15 is 0 Å². The second-order valence-electron chi connectivity index (χ2n) is 8.27.